The van der Waals surface area contributed by atoms with Crippen LogP contribution in [-0.2, 0) is 0 Å². The van der Waals surface area contributed by atoms with Gasteiger partial charge in [0.15, 0.2) is 34.9 Å². The van der Waals surface area contributed by atoms with Crippen molar-refractivity contribution in [3.8, 4) is 96.3 Å². The standard InChI is InChI=1S/C60H35N7S/c1-5-19-36(20-6-1)55-61-56(37-21-7-2-8-22-37)64-59(63-55)44-34-33-43-52-45(40-27-13-16-30-47(40)67-48-31-17-14-28-41(48)50(44)53(43)67)35-46(51-42-29-15-18-32-49(42)68-54(51)52)60-65-57(38-23-9-3-10-24-38)62-58(66-60)39-25-11-4-12-26-39/h1-35H. The van der Waals surface area contributed by atoms with Crippen LogP contribution in [0.1, 0.15) is 0 Å². The largest absolute Gasteiger partial charge is 0.308 e. The molecule has 0 amide bonds. The Balaban J connectivity index is 1.10. The van der Waals surface area contributed by atoms with E-state index in [1.54, 1.807) is 0 Å². The van der Waals surface area contributed by atoms with Crippen LogP contribution < -0.4 is 0 Å². The molecule has 0 saturated carbocycles. The van der Waals surface area contributed by atoms with Crippen molar-refractivity contribution in [3.63, 3.8) is 0 Å². The van der Waals surface area contributed by atoms with Crippen LogP contribution >= 0.6 is 11.3 Å². The Hall–Kier alpha value is -8.98. The molecule has 9 aromatic carbocycles. The van der Waals surface area contributed by atoms with Gasteiger partial charge in [0.2, 0.25) is 0 Å². The lowest BCUT2D eigenvalue weighted by Gasteiger charge is -2.16. The average molecular weight is 886 g/mol. The van der Waals surface area contributed by atoms with Crippen molar-refractivity contribution in [1.29, 1.82) is 0 Å². The van der Waals surface area contributed by atoms with Crippen molar-refractivity contribution >= 4 is 53.3 Å². The molecule has 4 aromatic heterocycles. The highest BCUT2D eigenvalue weighted by atomic mass is 32.1. The maximum absolute atomic E-state index is 5.33. The second-order valence-corrected chi connectivity index (χ2v) is 18.0. The van der Waals surface area contributed by atoms with Crippen molar-refractivity contribution in [2.75, 3.05) is 0 Å². The van der Waals surface area contributed by atoms with E-state index in [0.29, 0.717) is 34.9 Å². The van der Waals surface area contributed by atoms with Gasteiger partial charge in [-0.1, -0.05) is 182 Å². The molecule has 0 bridgehead atoms. The molecule has 0 aliphatic carbocycles. The zero-order valence-electron chi connectivity index (χ0n) is 36.2. The summed E-state index contributed by atoms with van der Waals surface area (Å²) in [5.41, 5.74) is 13.4. The van der Waals surface area contributed by atoms with Gasteiger partial charge in [0, 0.05) is 81.0 Å². The maximum Gasteiger partial charge on any atom is 0.164 e. The van der Waals surface area contributed by atoms with Crippen LogP contribution in [-0.4, -0.2) is 34.5 Å². The normalized spacial score (nSPS) is 11.8. The summed E-state index contributed by atoms with van der Waals surface area (Å²) in [5, 5.41) is 4.48. The van der Waals surface area contributed by atoms with E-state index in [-0.39, 0.29) is 0 Å². The molecule has 14 rings (SSSR count). The Bertz CT molecular complexity index is 4010. The van der Waals surface area contributed by atoms with E-state index < -0.39 is 0 Å². The van der Waals surface area contributed by atoms with E-state index in [0.717, 1.165) is 88.3 Å². The van der Waals surface area contributed by atoms with Crippen molar-refractivity contribution in [2.24, 2.45) is 0 Å². The quantitative estimate of drug-likeness (QED) is 0.165. The van der Waals surface area contributed by atoms with Crippen molar-refractivity contribution in [2.45, 2.75) is 0 Å². The Labute approximate surface area is 394 Å². The fourth-order valence-corrected chi connectivity index (χ4v) is 11.3. The molecule has 0 saturated heterocycles. The Kier molecular flexibility index (Phi) is 8.62. The number of fused-ring (bicyclic) bond motifs is 12. The molecule has 0 spiro atoms. The van der Waals surface area contributed by atoms with Crippen molar-refractivity contribution in [1.82, 2.24) is 34.5 Å². The van der Waals surface area contributed by atoms with Gasteiger partial charge in [0.25, 0.3) is 0 Å². The van der Waals surface area contributed by atoms with Gasteiger partial charge in [-0.25, -0.2) is 29.9 Å². The third kappa shape index (κ3) is 5.98. The smallest absolute Gasteiger partial charge is 0.164 e. The molecule has 0 N–H and O–H groups in total. The number of aromatic nitrogens is 7. The van der Waals surface area contributed by atoms with Crippen LogP contribution in [0.5, 0.6) is 0 Å². The van der Waals surface area contributed by atoms with Gasteiger partial charge >= 0.3 is 0 Å². The van der Waals surface area contributed by atoms with E-state index in [2.05, 4.69) is 144 Å². The number of nitrogens with zero attached hydrogens (tertiary/aromatic N) is 7. The Morgan fingerprint density at radius 1 is 0.324 bits per heavy atom. The predicted molar refractivity (Wildman–Crippen MR) is 277 cm³/mol. The van der Waals surface area contributed by atoms with Crippen molar-refractivity contribution < 1.29 is 0 Å². The summed E-state index contributed by atoms with van der Waals surface area (Å²) in [6.45, 7) is 0. The lowest BCUT2D eigenvalue weighted by atomic mass is 9.88. The van der Waals surface area contributed by atoms with E-state index >= 15 is 0 Å². The number of benzene rings is 9. The van der Waals surface area contributed by atoms with Crippen LogP contribution in [0.2, 0.25) is 0 Å². The lowest BCUT2D eigenvalue weighted by Crippen LogP contribution is -2.01. The average Bonchev–Trinajstić information content (AvgIpc) is 3.94. The van der Waals surface area contributed by atoms with Gasteiger partial charge in [-0.05, 0) is 35.9 Å². The van der Waals surface area contributed by atoms with Gasteiger partial charge in [-0.2, -0.15) is 0 Å². The molecule has 0 fully saturated rings. The molecular formula is C60H35N7S. The summed E-state index contributed by atoms with van der Waals surface area (Å²) < 4.78 is 4.82. The minimum absolute atomic E-state index is 0.616. The second kappa shape index (κ2) is 15.3. The molecule has 0 atom stereocenters. The fraction of sp³-hybridized carbons (Fsp3) is 0. The first-order chi connectivity index (χ1) is 33.7. The third-order valence-corrected chi connectivity index (χ3v) is 14.2. The first-order valence-corrected chi connectivity index (χ1v) is 23.4. The fourth-order valence-electron chi connectivity index (χ4n) is 10.0. The van der Waals surface area contributed by atoms with Gasteiger partial charge < -0.3 is 4.57 Å². The van der Waals surface area contributed by atoms with Crippen LogP contribution in [0.25, 0.3) is 138 Å². The number of thiophene rings is 1. The molecule has 0 radical (unpaired) electrons. The SMILES string of the molecule is c1ccc(-c2nc(-c3ccccc3)nc(-c3cc4c(c5sc6ccccc6c35)-c3ccc(-c5nc(-c6ccccc6)nc(-c6ccccc6)n5)c5c6ccccc6n(c35)-c3ccccc3-4)n2)cc1. The zero-order valence-corrected chi connectivity index (χ0v) is 37.1. The highest BCUT2D eigenvalue weighted by Gasteiger charge is 2.31. The molecular weight excluding hydrogens is 851 g/mol. The topological polar surface area (TPSA) is 82.3 Å². The molecule has 13 aromatic rings. The van der Waals surface area contributed by atoms with Crippen LogP contribution in [0, 0.1) is 0 Å². The molecule has 7 nitrogen and oxygen atoms in total. The van der Waals surface area contributed by atoms with Gasteiger partial charge in [0.1, 0.15) is 0 Å². The summed E-state index contributed by atoms with van der Waals surface area (Å²) in [4.78, 5) is 31.4. The van der Waals surface area contributed by atoms with E-state index in [4.69, 9.17) is 29.9 Å². The summed E-state index contributed by atoms with van der Waals surface area (Å²) in [6, 6.07) is 73.9. The third-order valence-electron chi connectivity index (χ3n) is 13.1. The van der Waals surface area contributed by atoms with E-state index in [1.165, 1.54) is 15.0 Å². The molecule has 316 valence electrons. The first kappa shape index (κ1) is 38.3. The highest BCUT2D eigenvalue weighted by Crippen LogP contribution is 2.55. The summed E-state index contributed by atoms with van der Waals surface area (Å²) in [7, 11) is 0. The van der Waals surface area contributed by atoms with Crippen LogP contribution in [0.4, 0.5) is 0 Å². The molecule has 1 aliphatic heterocycles. The number of hydrogen-bond acceptors (Lipinski definition) is 7. The number of hydrogen-bond donors (Lipinski definition) is 0. The van der Waals surface area contributed by atoms with Gasteiger partial charge in [0.05, 0.1) is 16.7 Å². The van der Waals surface area contributed by atoms with E-state index in [9.17, 15) is 0 Å². The van der Waals surface area contributed by atoms with Gasteiger partial charge in [-0.15, -0.1) is 11.3 Å². The van der Waals surface area contributed by atoms with Gasteiger partial charge in [-0.3, -0.25) is 0 Å². The predicted octanol–water partition coefficient (Wildman–Crippen LogP) is 15.2. The molecule has 5 heterocycles. The highest BCUT2D eigenvalue weighted by molar-refractivity contribution is 7.26. The first-order valence-electron chi connectivity index (χ1n) is 22.6. The summed E-state index contributed by atoms with van der Waals surface area (Å²) >= 11 is 1.82. The Morgan fingerprint density at radius 3 is 1.37 bits per heavy atom. The maximum atomic E-state index is 5.33. The molecule has 0 unspecified atom stereocenters. The molecule has 1 aliphatic rings. The zero-order chi connectivity index (χ0) is 44.7. The number of rotatable bonds is 6. The number of para-hydroxylation sites is 2. The molecule has 68 heavy (non-hydrogen) atoms. The summed E-state index contributed by atoms with van der Waals surface area (Å²) in [5.74, 6) is 3.74. The van der Waals surface area contributed by atoms with E-state index in [1.807, 2.05) is 84.1 Å². The van der Waals surface area contributed by atoms with Crippen molar-refractivity contribution in [3.05, 3.63) is 212 Å². The van der Waals surface area contributed by atoms with Crippen LogP contribution in [0.3, 0.4) is 0 Å². The Morgan fingerprint density at radius 2 is 0.779 bits per heavy atom. The minimum Gasteiger partial charge on any atom is -0.308 e. The monoisotopic (exact) mass is 885 g/mol. The second-order valence-electron chi connectivity index (χ2n) is 17.0. The summed E-state index contributed by atoms with van der Waals surface area (Å²) in [6.07, 6.45) is 0. The van der Waals surface area contributed by atoms with Crippen LogP contribution in [0.15, 0.2) is 212 Å². The molecule has 8 heteroatoms. The lowest BCUT2D eigenvalue weighted by molar-refractivity contribution is 1.08. The minimum atomic E-state index is 0.616.